The molecule has 5 nitrogen and oxygen atoms in total. The van der Waals surface area contributed by atoms with E-state index in [2.05, 4.69) is 5.32 Å². The average Bonchev–Trinajstić information content (AvgIpc) is 2.59. The Labute approximate surface area is 150 Å². The second-order valence-corrected chi connectivity index (χ2v) is 5.79. The third kappa shape index (κ3) is 4.32. The molecule has 2 aromatic carbocycles. The first-order chi connectivity index (χ1) is 11.5. The number of nitrogens with one attached hydrogen (secondary N) is 1. The minimum absolute atomic E-state index is 0.0350. The van der Waals surface area contributed by atoms with Gasteiger partial charge in [0.05, 0.1) is 30.4 Å². The lowest BCUT2D eigenvalue weighted by atomic mass is 10.1. The fourth-order valence-electron chi connectivity index (χ4n) is 2.14. The smallest absolute Gasteiger partial charge is 0.251 e. The van der Waals surface area contributed by atoms with E-state index in [0.717, 1.165) is 0 Å². The van der Waals surface area contributed by atoms with E-state index < -0.39 is 12.0 Å². The molecule has 0 heterocycles. The summed E-state index contributed by atoms with van der Waals surface area (Å²) in [5.74, 6) is 0.543. The summed E-state index contributed by atoms with van der Waals surface area (Å²) in [7, 11) is 2.99. The van der Waals surface area contributed by atoms with E-state index in [1.165, 1.54) is 19.2 Å². The molecule has 2 aromatic rings. The number of ether oxygens (including phenoxy) is 2. The van der Waals surface area contributed by atoms with Gasteiger partial charge < -0.3 is 19.9 Å². The lowest BCUT2D eigenvalue weighted by Gasteiger charge is -2.14. The van der Waals surface area contributed by atoms with Gasteiger partial charge in [-0.25, -0.2) is 0 Å². The van der Waals surface area contributed by atoms with Crippen molar-refractivity contribution in [2.45, 2.75) is 6.10 Å². The number of aliphatic hydroxyl groups is 1. The molecule has 0 saturated heterocycles. The third-order valence-corrected chi connectivity index (χ3v) is 3.96. The van der Waals surface area contributed by atoms with Gasteiger partial charge in [0, 0.05) is 12.1 Å². The van der Waals surface area contributed by atoms with Gasteiger partial charge in [-0.2, -0.15) is 0 Å². The number of benzene rings is 2. The van der Waals surface area contributed by atoms with Crippen LogP contribution in [-0.4, -0.2) is 31.8 Å². The Morgan fingerprint density at radius 1 is 1.17 bits per heavy atom. The molecule has 0 spiro atoms. The van der Waals surface area contributed by atoms with Gasteiger partial charge in [-0.3, -0.25) is 4.79 Å². The van der Waals surface area contributed by atoms with Crippen LogP contribution in [0.5, 0.6) is 11.5 Å². The quantitative estimate of drug-likeness (QED) is 0.817. The van der Waals surface area contributed by atoms with Crippen LogP contribution < -0.4 is 14.8 Å². The standard InChI is InChI=1S/C17H17Cl2NO4/c1-23-12-5-3-4-10(6-12)15(21)9-20-17(22)11-7-13(18)16(24-2)14(19)8-11/h3-8,15,21H,9H2,1-2H3,(H,20,22). The topological polar surface area (TPSA) is 67.8 Å². The Morgan fingerprint density at radius 2 is 1.83 bits per heavy atom. The average molecular weight is 370 g/mol. The first kappa shape index (κ1) is 18.4. The van der Waals surface area contributed by atoms with Crippen LogP contribution in [0.4, 0.5) is 0 Å². The van der Waals surface area contributed by atoms with E-state index in [9.17, 15) is 9.90 Å². The van der Waals surface area contributed by atoms with Gasteiger partial charge >= 0.3 is 0 Å². The Morgan fingerprint density at radius 3 is 2.42 bits per heavy atom. The summed E-state index contributed by atoms with van der Waals surface area (Å²) in [5, 5.41) is 13.3. The zero-order chi connectivity index (χ0) is 17.7. The van der Waals surface area contributed by atoms with E-state index in [1.807, 2.05) is 0 Å². The Balaban J connectivity index is 2.05. The summed E-state index contributed by atoms with van der Waals surface area (Å²) in [6, 6.07) is 9.91. The van der Waals surface area contributed by atoms with Crippen molar-refractivity contribution in [2.24, 2.45) is 0 Å². The SMILES string of the molecule is COc1cccc(C(O)CNC(=O)c2cc(Cl)c(OC)c(Cl)c2)c1. The number of hydrogen-bond acceptors (Lipinski definition) is 4. The Bertz CT molecular complexity index is 713. The van der Waals surface area contributed by atoms with Gasteiger partial charge in [0.1, 0.15) is 5.75 Å². The molecule has 0 aromatic heterocycles. The van der Waals surface area contributed by atoms with Crippen molar-refractivity contribution >= 4 is 29.1 Å². The summed E-state index contributed by atoms with van der Waals surface area (Å²) in [6.45, 7) is 0.0350. The van der Waals surface area contributed by atoms with Gasteiger partial charge in [0.25, 0.3) is 5.91 Å². The molecular weight excluding hydrogens is 353 g/mol. The normalized spacial score (nSPS) is 11.7. The first-order valence-corrected chi connectivity index (χ1v) is 7.85. The predicted molar refractivity (Wildman–Crippen MR) is 93.3 cm³/mol. The zero-order valence-electron chi connectivity index (χ0n) is 13.2. The van der Waals surface area contributed by atoms with Crippen LogP contribution in [0.1, 0.15) is 22.0 Å². The van der Waals surface area contributed by atoms with Gasteiger partial charge in [-0.05, 0) is 29.8 Å². The summed E-state index contributed by atoms with van der Waals surface area (Å²) in [4.78, 5) is 12.2. The second kappa shape index (κ2) is 8.24. The zero-order valence-corrected chi connectivity index (χ0v) is 14.7. The Hall–Kier alpha value is -1.95. The highest BCUT2D eigenvalue weighted by Crippen LogP contribution is 2.33. The van der Waals surface area contributed by atoms with Crippen molar-refractivity contribution in [2.75, 3.05) is 20.8 Å². The monoisotopic (exact) mass is 369 g/mol. The van der Waals surface area contributed by atoms with Crippen molar-refractivity contribution in [3.8, 4) is 11.5 Å². The minimum Gasteiger partial charge on any atom is -0.497 e. The van der Waals surface area contributed by atoms with E-state index >= 15 is 0 Å². The molecule has 0 saturated carbocycles. The number of methoxy groups -OCH3 is 2. The van der Waals surface area contributed by atoms with Crippen LogP contribution in [0.15, 0.2) is 36.4 Å². The summed E-state index contributed by atoms with van der Waals surface area (Å²) < 4.78 is 10.1. The molecule has 7 heteroatoms. The van der Waals surface area contributed by atoms with Crippen molar-refractivity contribution < 1.29 is 19.4 Å². The fourth-order valence-corrected chi connectivity index (χ4v) is 2.79. The van der Waals surface area contributed by atoms with Gasteiger partial charge in [0.2, 0.25) is 0 Å². The molecule has 1 atom stereocenters. The molecule has 1 amide bonds. The van der Waals surface area contributed by atoms with Crippen molar-refractivity contribution in [3.05, 3.63) is 57.6 Å². The van der Waals surface area contributed by atoms with Crippen LogP contribution in [0.25, 0.3) is 0 Å². The maximum Gasteiger partial charge on any atom is 0.251 e. The van der Waals surface area contributed by atoms with Crippen LogP contribution >= 0.6 is 23.2 Å². The van der Waals surface area contributed by atoms with Crippen LogP contribution in [0.2, 0.25) is 10.0 Å². The molecule has 0 aliphatic rings. The number of amides is 1. The van der Waals surface area contributed by atoms with Crippen molar-refractivity contribution in [3.63, 3.8) is 0 Å². The largest absolute Gasteiger partial charge is 0.497 e. The number of carbonyl (C=O) groups excluding carboxylic acids is 1. The van der Waals surface area contributed by atoms with E-state index in [4.69, 9.17) is 32.7 Å². The highest BCUT2D eigenvalue weighted by atomic mass is 35.5. The van der Waals surface area contributed by atoms with Crippen LogP contribution in [0.3, 0.4) is 0 Å². The summed E-state index contributed by atoms with van der Waals surface area (Å²) >= 11 is 12.0. The molecule has 128 valence electrons. The fraction of sp³-hybridized carbons (Fsp3) is 0.235. The molecule has 0 radical (unpaired) electrons. The molecule has 1 unspecified atom stereocenters. The van der Waals surface area contributed by atoms with E-state index in [-0.39, 0.29) is 22.2 Å². The Kier molecular flexibility index (Phi) is 6.31. The maximum atomic E-state index is 12.2. The number of aliphatic hydroxyl groups excluding tert-OH is 1. The molecule has 0 aliphatic heterocycles. The molecule has 24 heavy (non-hydrogen) atoms. The van der Waals surface area contributed by atoms with Gasteiger partial charge in [-0.1, -0.05) is 35.3 Å². The maximum absolute atomic E-state index is 12.2. The molecule has 2 N–H and O–H groups in total. The second-order valence-electron chi connectivity index (χ2n) is 4.98. The summed E-state index contributed by atoms with van der Waals surface area (Å²) in [5.41, 5.74) is 0.920. The lowest BCUT2D eigenvalue weighted by Crippen LogP contribution is -2.28. The molecule has 0 bridgehead atoms. The molecule has 0 fully saturated rings. The molecule has 0 aliphatic carbocycles. The highest BCUT2D eigenvalue weighted by Gasteiger charge is 2.15. The lowest BCUT2D eigenvalue weighted by molar-refractivity contribution is 0.0916. The predicted octanol–water partition coefficient (Wildman–Crippen LogP) is 3.47. The van der Waals surface area contributed by atoms with E-state index in [0.29, 0.717) is 17.1 Å². The van der Waals surface area contributed by atoms with Crippen LogP contribution in [-0.2, 0) is 0 Å². The highest BCUT2D eigenvalue weighted by molar-refractivity contribution is 6.37. The number of carbonyl (C=O) groups is 1. The van der Waals surface area contributed by atoms with Crippen molar-refractivity contribution in [1.82, 2.24) is 5.32 Å². The number of halogens is 2. The minimum atomic E-state index is -0.867. The number of rotatable bonds is 6. The van der Waals surface area contributed by atoms with Gasteiger partial charge in [-0.15, -0.1) is 0 Å². The van der Waals surface area contributed by atoms with Gasteiger partial charge in [0.15, 0.2) is 5.75 Å². The third-order valence-electron chi connectivity index (χ3n) is 3.40. The summed E-state index contributed by atoms with van der Waals surface area (Å²) in [6.07, 6.45) is -0.867. The number of hydrogen-bond donors (Lipinski definition) is 2. The molecular formula is C17H17Cl2NO4. The van der Waals surface area contributed by atoms with E-state index in [1.54, 1.807) is 31.4 Å². The van der Waals surface area contributed by atoms with Crippen LogP contribution in [0, 0.1) is 0 Å². The first-order valence-electron chi connectivity index (χ1n) is 7.09. The molecule has 2 rings (SSSR count). The van der Waals surface area contributed by atoms with Crippen molar-refractivity contribution in [1.29, 1.82) is 0 Å².